The summed E-state index contributed by atoms with van der Waals surface area (Å²) in [4.78, 5) is 19.8. The lowest BCUT2D eigenvalue weighted by Crippen LogP contribution is -2.43. The first-order chi connectivity index (χ1) is 11.2. The number of hydrogen-bond acceptors (Lipinski definition) is 6. The van der Waals surface area contributed by atoms with Crippen LogP contribution < -0.4 is 5.32 Å². The van der Waals surface area contributed by atoms with E-state index in [0.29, 0.717) is 28.7 Å². The molecule has 1 aliphatic rings. The number of aldehydes is 1. The van der Waals surface area contributed by atoms with Crippen LogP contribution in [-0.2, 0) is 4.43 Å². The van der Waals surface area contributed by atoms with Crippen LogP contribution in [0.2, 0.25) is 18.1 Å². The second-order valence-electron chi connectivity index (χ2n) is 7.93. The van der Waals surface area contributed by atoms with Crippen molar-refractivity contribution in [3.8, 4) is 0 Å². The Morgan fingerprint density at radius 1 is 1.38 bits per heavy atom. The molecule has 0 aromatic carbocycles. The number of nitrogens with one attached hydrogen (secondary N) is 1. The van der Waals surface area contributed by atoms with Crippen LogP contribution in [0.3, 0.4) is 0 Å². The van der Waals surface area contributed by atoms with Crippen molar-refractivity contribution in [3.63, 3.8) is 0 Å². The third-order valence-corrected chi connectivity index (χ3v) is 10.2. The largest absolute Gasteiger partial charge is 0.414 e. The third-order valence-electron chi connectivity index (χ3n) is 5.10. The molecule has 0 radical (unpaired) electrons. The second-order valence-corrected chi connectivity index (χ2v) is 13.5. The van der Waals surface area contributed by atoms with Gasteiger partial charge in [0, 0.05) is 18.3 Å². The van der Waals surface area contributed by atoms with Crippen LogP contribution in [-0.4, -0.2) is 43.0 Å². The van der Waals surface area contributed by atoms with E-state index in [1.54, 1.807) is 6.20 Å². The molecular weight excluding hydrogens is 338 g/mol. The van der Waals surface area contributed by atoms with Gasteiger partial charge in [-0.25, -0.2) is 9.97 Å². The van der Waals surface area contributed by atoms with Crippen LogP contribution in [0, 0.1) is 0 Å². The molecule has 24 heavy (non-hydrogen) atoms. The predicted octanol–water partition coefficient (Wildman–Crippen LogP) is 4.37. The van der Waals surface area contributed by atoms with Crippen molar-refractivity contribution in [2.45, 2.75) is 75.5 Å². The smallest absolute Gasteiger partial charge is 0.192 e. The monoisotopic (exact) mass is 367 g/mol. The minimum atomic E-state index is -1.74. The highest BCUT2D eigenvalue weighted by Gasteiger charge is 2.40. The molecule has 0 spiro atoms. The SMILES string of the molecule is CSc1ncc(C=O)c(N[C@H]2CC[C@H](O[Si](C)(C)C(C)(C)C)C2)n1. The zero-order valence-electron chi connectivity index (χ0n) is 15.5. The zero-order chi connectivity index (χ0) is 18.0. The number of aromatic nitrogens is 2. The number of carbonyl (C=O) groups excluding carboxylic acids is 1. The fourth-order valence-corrected chi connectivity index (χ4v) is 4.38. The maximum atomic E-state index is 11.2. The Balaban J connectivity index is 2.01. The van der Waals surface area contributed by atoms with E-state index in [0.717, 1.165) is 25.5 Å². The molecule has 0 saturated heterocycles. The molecule has 0 unspecified atom stereocenters. The first-order valence-corrected chi connectivity index (χ1v) is 12.6. The van der Waals surface area contributed by atoms with Crippen molar-refractivity contribution in [1.29, 1.82) is 0 Å². The van der Waals surface area contributed by atoms with Gasteiger partial charge in [0.15, 0.2) is 19.8 Å². The molecule has 2 atom stereocenters. The molecule has 1 N–H and O–H groups in total. The average Bonchev–Trinajstić information content (AvgIpc) is 2.92. The number of carbonyl (C=O) groups is 1. The highest BCUT2D eigenvalue weighted by molar-refractivity contribution is 7.98. The molecule has 7 heteroatoms. The lowest BCUT2D eigenvalue weighted by atomic mass is 10.2. The Morgan fingerprint density at radius 2 is 2.08 bits per heavy atom. The minimum Gasteiger partial charge on any atom is -0.414 e. The number of hydrogen-bond donors (Lipinski definition) is 1. The van der Waals surface area contributed by atoms with E-state index in [2.05, 4.69) is 49.1 Å². The average molecular weight is 368 g/mol. The van der Waals surface area contributed by atoms with Crippen molar-refractivity contribution >= 4 is 32.2 Å². The van der Waals surface area contributed by atoms with E-state index in [1.165, 1.54) is 11.8 Å². The van der Waals surface area contributed by atoms with Gasteiger partial charge in [-0.2, -0.15) is 0 Å². The molecule has 5 nitrogen and oxygen atoms in total. The van der Waals surface area contributed by atoms with Gasteiger partial charge >= 0.3 is 0 Å². The second kappa shape index (κ2) is 7.54. The van der Waals surface area contributed by atoms with Gasteiger partial charge in [0.25, 0.3) is 0 Å². The van der Waals surface area contributed by atoms with Crippen LogP contribution in [0.25, 0.3) is 0 Å². The first-order valence-electron chi connectivity index (χ1n) is 8.47. The van der Waals surface area contributed by atoms with Crippen LogP contribution in [0.15, 0.2) is 11.4 Å². The van der Waals surface area contributed by atoms with E-state index in [-0.39, 0.29) is 5.04 Å². The van der Waals surface area contributed by atoms with Crippen LogP contribution in [0.5, 0.6) is 0 Å². The summed E-state index contributed by atoms with van der Waals surface area (Å²) in [7, 11) is -1.74. The number of nitrogens with zero attached hydrogens (tertiary/aromatic N) is 2. The van der Waals surface area contributed by atoms with Crippen LogP contribution in [0.1, 0.15) is 50.4 Å². The maximum Gasteiger partial charge on any atom is 0.192 e. The summed E-state index contributed by atoms with van der Waals surface area (Å²) in [5.74, 6) is 0.641. The summed E-state index contributed by atoms with van der Waals surface area (Å²) < 4.78 is 6.53. The van der Waals surface area contributed by atoms with Gasteiger partial charge in [-0.05, 0) is 43.7 Å². The van der Waals surface area contributed by atoms with Crippen molar-refractivity contribution < 1.29 is 9.22 Å². The Kier molecular flexibility index (Phi) is 6.09. The summed E-state index contributed by atoms with van der Waals surface area (Å²) in [5, 5.41) is 4.33. The van der Waals surface area contributed by atoms with Gasteiger partial charge in [-0.15, -0.1) is 0 Å². The summed E-state index contributed by atoms with van der Waals surface area (Å²) in [6.07, 6.45) is 7.68. The molecular formula is C17H29N3O2SSi. The molecule has 1 fully saturated rings. The fourth-order valence-electron chi connectivity index (χ4n) is 2.64. The van der Waals surface area contributed by atoms with E-state index in [9.17, 15) is 4.79 Å². The van der Waals surface area contributed by atoms with E-state index in [4.69, 9.17) is 4.43 Å². The minimum absolute atomic E-state index is 0.225. The number of rotatable bonds is 6. The molecule has 1 heterocycles. The molecule has 1 aliphatic carbocycles. The Labute approximate surface area is 150 Å². The normalized spacial score (nSPS) is 21.8. The van der Waals surface area contributed by atoms with Gasteiger partial charge in [-0.3, -0.25) is 4.79 Å². The molecule has 1 saturated carbocycles. The van der Waals surface area contributed by atoms with Crippen LogP contribution in [0.4, 0.5) is 5.82 Å². The van der Waals surface area contributed by atoms with Crippen molar-refractivity contribution in [3.05, 3.63) is 11.8 Å². The fraction of sp³-hybridized carbons (Fsp3) is 0.706. The molecule has 1 aromatic heterocycles. The highest BCUT2D eigenvalue weighted by atomic mass is 32.2. The van der Waals surface area contributed by atoms with Gasteiger partial charge in [0.1, 0.15) is 5.82 Å². The van der Waals surface area contributed by atoms with E-state index >= 15 is 0 Å². The summed E-state index contributed by atoms with van der Waals surface area (Å²) in [5.41, 5.74) is 0.515. The topological polar surface area (TPSA) is 64.1 Å². The van der Waals surface area contributed by atoms with Crippen molar-refractivity contribution in [2.75, 3.05) is 11.6 Å². The summed E-state index contributed by atoms with van der Waals surface area (Å²) in [6, 6.07) is 0.295. The molecule has 1 aromatic rings. The predicted molar refractivity (Wildman–Crippen MR) is 103 cm³/mol. The Morgan fingerprint density at radius 3 is 2.67 bits per heavy atom. The molecule has 0 aliphatic heterocycles. The maximum absolute atomic E-state index is 11.2. The summed E-state index contributed by atoms with van der Waals surface area (Å²) in [6.45, 7) is 11.4. The molecule has 0 amide bonds. The molecule has 134 valence electrons. The van der Waals surface area contributed by atoms with Gasteiger partial charge in [-0.1, -0.05) is 32.5 Å². The summed E-state index contributed by atoms with van der Waals surface area (Å²) >= 11 is 1.47. The van der Waals surface area contributed by atoms with Gasteiger partial charge in [0.05, 0.1) is 5.56 Å². The first kappa shape index (κ1) is 19.4. The van der Waals surface area contributed by atoms with Crippen molar-refractivity contribution in [2.24, 2.45) is 0 Å². The number of anilines is 1. The Hall–Kier alpha value is -0.923. The molecule has 2 rings (SSSR count). The van der Waals surface area contributed by atoms with Crippen molar-refractivity contribution in [1.82, 2.24) is 9.97 Å². The number of thioether (sulfide) groups is 1. The zero-order valence-corrected chi connectivity index (χ0v) is 17.4. The van der Waals surface area contributed by atoms with E-state index < -0.39 is 8.32 Å². The Bertz CT molecular complexity index is 590. The lowest BCUT2D eigenvalue weighted by molar-refractivity contribution is 0.112. The highest BCUT2D eigenvalue weighted by Crippen LogP contribution is 2.39. The molecule has 0 bridgehead atoms. The quantitative estimate of drug-likeness (QED) is 0.349. The lowest BCUT2D eigenvalue weighted by Gasteiger charge is -2.38. The van der Waals surface area contributed by atoms with Gasteiger partial charge in [0.2, 0.25) is 0 Å². The van der Waals surface area contributed by atoms with E-state index in [1.807, 2.05) is 6.26 Å². The van der Waals surface area contributed by atoms with Crippen LogP contribution >= 0.6 is 11.8 Å². The van der Waals surface area contributed by atoms with Gasteiger partial charge < -0.3 is 9.74 Å². The standard InChI is InChI=1S/C17H29N3O2SSi/c1-17(2,3)24(5,6)22-14-8-7-13(9-14)19-15-12(11-21)10-18-16(20-15)23-4/h10-11,13-14H,7-9H2,1-6H3,(H,18,19,20)/t13-,14-/m0/s1. The third kappa shape index (κ3) is 4.58.